The number of hydrogen-bond donors (Lipinski definition) is 1. The molecule has 1 aliphatic carbocycles. The van der Waals surface area contributed by atoms with E-state index in [4.69, 9.17) is 5.73 Å². The third-order valence-corrected chi connectivity index (χ3v) is 4.14. The molecule has 2 heteroatoms. The minimum absolute atomic E-state index is 0.274. The fraction of sp³-hybridized carbons (Fsp3) is 0.600. The lowest BCUT2D eigenvalue weighted by atomic mass is 9.84. The van der Waals surface area contributed by atoms with Crippen LogP contribution in [-0.2, 0) is 12.8 Å². The van der Waals surface area contributed by atoms with Crippen molar-refractivity contribution < 1.29 is 0 Å². The lowest BCUT2D eigenvalue weighted by Gasteiger charge is -2.33. The van der Waals surface area contributed by atoms with Crippen LogP contribution in [-0.4, -0.2) is 31.1 Å². The molecule has 0 atom stereocenters. The summed E-state index contributed by atoms with van der Waals surface area (Å²) in [5.74, 6) is 0. The number of hydrogen-bond acceptors (Lipinski definition) is 2. The van der Waals surface area contributed by atoms with E-state index in [-0.39, 0.29) is 5.41 Å². The van der Waals surface area contributed by atoms with Crippen molar-refractivity contribution in [3.8, 4) is 0 Å². The van der Waals surface area contributed by atoms with Crippen molar-refractivity contribution in [2.45, 2.75) is 26.7 Å². The molecule has 0 heterocycles. The zero-order chi connectivity index (χ0) is 12.3. The largest absolute Gasteiger partial charge is 0.330 e. The van der Waals surface area contributed by atoms with Crippen LogP contribution in [0.2, 0.25) is 0 Å². The molecule has 2 N–H and O–H groups in total. The molecule has 0 radical (unpaired) electrons. The first-order valence-corrected chi connectivity index (χ1v) is 6.72. The van der Waals surface area contributed by atoms with Gasteiger partial charge in [-0.1, -0.05) is 38.1 Å². The SMILES string of the molecule is CCN(CC)CC1(CN)Cc2ccccc2C1. The van der Waals surface area contributed by atoms with E-state index < -0.39 is 0 Å². The van der Waals surface area contributed by atoms with Gasteiger partial charge in [0.2, 0.25) is 0 Å². The van der Waals surface area contributed by atoms with Crippen LogP contribution >= 0.6 is 0 Å². The van der Waals surface area contributed by atoms with E-state index in [1.54, 1.807) is 0 Å². The van der Waals surface area contributed by atoms with E-state index >= 15 is 0 Å². The maximum Gasteiger partial charge on any atom is 0.00562 e. The predicted octanol–water partition coefficient (Wildman–Crippen LogP) is 2.07. The molecule has 0 aliphatic heterocycles. The van der Waals surface area contributed by atoms with Crippen molar-refractivity contribution >= 4 is 0 Å². The smallest absolute Gasteiger partial charge is 0.00562 e. The molecular weight excluding hydrogens is 208 g/mol. The minimum atomic E-state index is 0.274. The Balaban J connectivity index is 2.14. The van der Waals surface area contributed by atoms with Gasteiger partial charge in [-0.2, -0.15) is 0 Å². The molecule has 0 bridgehead atoms. The standard InChI is InChI=1S/C15H24N2/c1-3-17(4-2)12-15(11-16)9-13-7-5-6-8-14(13)10-15/h5-8H,3-4,9-12,16H2,1-2H3. The second-order valence-corrected chi connectivity index (χ2v) is 5.29. The molecule has 17 heavy (non-hydrogen) atoms. The Morgan fingerprint density at radius 1 is 1.12 bits per heavy atom. The molecule has 0 unspecified atom stereocenters. The normalized spacial score (nSPS) is 17.4. The second kappa shape index (κ2) is 5.19. The zero-order valence-electron chi connectivity index (χ0n) is 11.1. The van der Waals surface area contributed by atoms with Crippen LogP contribution in [0, 0.1) is 5.41 Å². The molecule has 94 valence electrons. The zero-order valence-corrected chi connectivity index (χ0v) is 11.1. The molecule has 1 aromatic carbocycles. The predicted molar refractivity (Wildman–Crippen MR) is 73.1 cm³/mol. The first-order valence-electron chi connectivity index (χ1n) is 6.72. The molecule has 0 amide bonds. The summed E-state index contributed by atoms with van der Waals surface area (Å²) in [5, 5.41) is 0. The van der Waals surface area contributed by atoms with Crippen molar-refractivity contribution in [1.29, 1.82) is 0 Å². The maximum absolute atomic E-state index is 6.08. The first kappa shape index (κ1) is 12.6. The van der Waals surface area contributed by atoms with Crippen molar-refractivity contribution in [2.75, 3.05) is 26.2 Å². The van der Waals surface area contributed by atoms with Crippen molar-refractivity contribution in [3.05, 3.63) is 35.4 Å². The van der Waals surface area contributed by atoms with Crippen molar-refractivity contribution in [3.63, 3.8) is 0 Å². The van der Waals surface area contributed by atoms with Gasteiger partial charge in [0.15, 0.2) is 0 Å². The Kier molecular flexibility index (Phi) is 3.85. The number of fused-ring (bicyclic) bond motifs is 1. The molecule has 0 fully saturated rings. The molecular formula is C15H24N2. The monoisotopic (exact) mass is 232 g/mol. The molecule has 0 spiro atoms. The summed E-state index contributed by atoms with van der Waals surface area (Å²) in [4.78, 5) is 2.50. The first-order chi connectivity index (χ1) is 8.23. The van der Waals surface area contributed by atoms with Gasteiger partial charge in [-0.3, -0.25) is 0 Å². The van der Waals surface area contributed by atoms with Gasteiger partial charge in [0.25, 0.3) is 0 Å². The highest BCUT2D eigenvalue weighted by Crippen LogP contribution is 2.36. The van der Waals surface area contributed by atoms with Crippen LogP contribution < -0.4 is 5.73 Å². The van der Waals surface area contributed by atoms with Gasteiger partial charge in [-0.15, -0.1) is 0 Å². The molecule has 2 rings (SSSR count). The van der Waals surface area contributed by atoms with Crippen LogP contribution in [0.25, 0.3) is 0 Å². The molecule has 1 aromatic rings. The Labute approximate surface area is 105 Å². The van der Waals surface area contributed by atoms with Crippen molar-refractivity contribution in [2.24, 2.45) is 11.1 Å². The lowest BCUT2D eigenvalue weighted by molar-refractivity contribution is 0.173. The topological polar surface area (TPSA) is 29.3 Å². The van der Waals surface area contributed by atoms with Gasteiger partial charge < -0.3 is 10.6 Å². The fourth-order valence-corrected chi connectivity index (χ4v) is 3.02. The summed E-state index contributed by atoms with van der Waals surface area (Å²) in [6, 6.07) is 8.80. The van der Waals surface area contributed by atoms with E-state index in [1.165, 1.54) is 11.1 Å². The van der Waals surface area contributed by atoms with Gasteiger partial charge in [0.1, 0.15) is 0 Å². The molecule has 0 saturated carbocycles. The van der Waals surface area contributed by atoms with E-state index in [0.717, 1.165) is 39.0 Å². The molecule has 2 nitrogen and oxygen atoms in total. The van der Waals surface area contributed by atoms with E-state index in [2.05, 4.69) is 43.0 Å². The number of rotatable bonds is 5. The molecule has 0 saturated heterocycles. The molecule has 1 aliphatic rings. The quantitative estimate of drug-likeness (QED) is 0.842. The van der Waals surface area contributed by atoms with Crippen LogP contribution in [0.15, 0.2) is 24.3 Å². The summed E-state index contributed by atoms with van der Waals surface area (Å²) < 4.78 is 0. The Bertz CT molecular complexity index is 344. The number of nitrogens with two attached hydrogens (primary N) is 1. The number of nitrogens with zero attached hydrogens (tertiary/aromatic N) is 1. The average Bonchev–Trinajstić information content (AvgIpc) is 2.74. The minimum Gasteiger partial charge on any atom is -0.330 e. The summed E-state index contributed by atoms with van der Waals surface area (Å²) >= 11 is 0. The Morgan fingerprint density at radius 3 is 2.06 bits per heavy atom. The molecule has 0 aromatic heterocycles. The highest BCUT2D eigenvalue weighted by atomic mass is 15.1. The Hall–Kier alpha value is -0.860. The van der Waals surface area contributed by atoms with Crippen LogP contribution in [0.3, 0.4) is 0 Å². The highest BCUT2D eigenvalue weighted by molar-refractivity contribution is 5.34. The second-order valence-electron chi connectivity index (χ2n) is 5.29. The lowest BCUT2D eigenvalue weighted by Crippen LogP contribution is -2.43. The Morgan fingerprint density at radius 2 is 1.65 bits per heavy atom. The maximum atomic E-state index is 6.08. The van der Waals surface area contributed by atoms with E-state index in [9.17, 15) is 0 Å². The summed E-state index contributed by atoms with van der Waals surface area (Å²) in [6.07, 6.45) is 2.30. The van der Waals surface area contributed by atoms with E-state index in [0.29, 0.717) is 0 Å². The van der Waals surface area contributed by atoms with Gasteiger partial charge >= 0.3 is 0 Å². The fourth-order valence-electron chi connectivity index (χ4n) is 3.02. The average molecular weight is 232 g/mol. The van der Waals surface area contributed by atoms with E-state index in [1.807, 2.05) is 0 Å². The van der Waals surface area contributed by atoms with Gasteiger partial charge in [-0.05, 0) is 43.6 Å². The van der Waals surface area contributed by atoms with Gasteiger partial charge in [-0.25, -0.2) is 0 Å². The van der Waals surface area contributed by atoms with Crippen molar-refractivity contribution in [1.82, 2.24) is 4.90 Å². The third kappa shape index (κ3) is 2.53. The summed E-state index contributed by atoms with van der Waals surface area (Å²) in [6.45, 7) is 8.62. The number of benzene rings is 1. The van der Waals surface area contributed by atoms with Gasteiger partial charge in [0, 0.05) is 12.0 Å². The van der Waals surface area contributed by atoms with Crippen LogP contribution in [0.4, 0.5) is 0 Å². The van der Waals surface area contributed by atoms with Gasteiger partial charge in [0.05, 0.1) is 0 Å². The highest BCUT2D eigenvalue weighted by Gasteiger charge is 2.36. The third-order valence-electron chi connectivity index (χ3n) is 4.14. The summed E-state index contributed by atoms with van der Waals surface area (Å²) in [5.41, 5.74) is 9.36. The van der Waals surface area contributed by atoms with Crippen LogP contribution in [0.1, 0.15) is 25.0 Å². The summed E-state index contributed by atoms with van der Waals surface area (Å²) in [7, 11) is 0. The van der Waals surface area contributed by atoms with Crippen LogP contribution in [0.5, 0.6) is 0 Å².